The molecule has 6 nitrogen and oxygen atoms in total. The molecular weight excluding hydrogens is 402 g/mol. The maximum absolute atomic E-state index is 13.0. The number of carbonyl (C=O) groups excluding carboxylic acids is 2. The van der Waals surface area contributed by atoms with Gasteiger partial charge in [0.2, 0.25) is 10.0 Å². The van der Waals surface area contributed by atoms with Crippen molar-refractivity contribution in [3.05, 3.63) is 28.8 Å². The van der Waals surface area contributed by atoms with Crippen LogP contribution in [-0.2, 0) is 19.6 Å². The van der Waals surface area contributed by atoms with Crippen LogP contribution in [-0.4, -0.2) is 33.8 Å². The fourth-order valence-corrected chi connectivity index (χ4v) is 7.01. The molecule has 4 fully saturated rings. The third-order valence-electron chi connectivity index (χ3n) is 6.69. The Morgan fingerprint density at radius 1 is 1.14 bits per heavy atom. The molecule has 1 aromatic rings. The minimum Gasteiger partial charge on any atom is -0.454 e. The van der Waals surface area contributed by atoms with Crippen molar-refractivity contribution >= 4 is 33.4 Å². The summed E-state index contributed by atoms with van der Waals surface area (Å²) in [4.78, 5) is 25.2. The summed E-state index contributed by atoms with van der Waals surface area (Å²) in [5, 5.41) is 0.00976. The highest BCUT2D eigenvalue weighted by Gasteiger charge is 2.54. The van der Waals surface area contributed by atoms with Crippen LogP contribution in [0.1, 0.15) is 48.9 Å². The average Bonchev–Trinajstić information content (AvgIpc) is 2.65. The maximum atomic E-state index is 13.0. The van der Waals surface area contributed by atoms with Crippen molar-refractivity contribution in [3.63, 3.8) is 0 Å². The first-order valence-corrected chi connectivity index (χ1v) is 11.5. The van der Waals surface area contributed by atoms with Crippen LogP contribution < -0.4 is 4.72 Å². The molecule has 4 saturated carbocycles. The first kappa shape index (κ1) is 19.9. The van der Waals surface area contributed by atoms with E-state index in [0.29, 0.717) is 17.8 Å². The molecule has 4 aliphatic rings. The van der Waals surface area contributed by atoms with Gasteiger partial charge in [-0.05, 0) is 81.5 Å². The Labute approximate surface area is 170 Å². The quantitative estimate of drug-likeness (QED) is 0.707. The number of carbonyl (C=O) groups is 2. The summed E-state index contributed by atoms with van der Waals surface area (Å²) in [6.07, 6.45) is 6.46. The topological polar surface area (TPSA) is 89.5 Å². The van der Waals surface area contributed by atoms with Gasteiger partial charge >= 0.3 is 5.97 Å². The minimum absolute atomic E-state index is 0.00976. The molecule has 152 valence electrons. The summed E-state index contributed by atoms with van der Waals surface area (Å²) in [6, 6.07) is 3.91. The lowest BCUT2D eigenvalue weighted by molar-refractivity contribution is -0.147. The Balaban J connectivity index is 1.45. The Morgan fingerprint density at radius 2 is 1.71 bits per heavy atom. The maximum Gasteiger partial charge on any atom is 0.338 e. The van der Waals surface area contributed by atoms with Gasteiger partial charge < -0.3 is 4.74 Å². The Morgan fingerprint density at radius 3 is 2.25 bits per heavy atom. The second kappa shape index (κ2) is 7.11. The molecule has 0 spiro atoms. The molecule has 0 amide bonds. The largest absolute Gasteiger partial charge is 0.454 e. The van der Waals surface area contributed by atoms with Gasteiger partial charge in [0.05, 0.1) is 10.6 Å². The van der Waals surface area contributed by atoms with E-state index in [9.17, 15) is 18.0 Å². The van der Waals surface area contributed by atoms with Gasteiger partial charge in [0.15, 0.2) is 12.4 Å². The third kappa shape index (κ3) is 3.48. The van der Waals surface area contributed by atoms with Crippen LogP contribution in [0.2, 0.25) is 5.02 Å². The van der Waals surface area contributed by atoms with Gasteiger partial charge in [-0.1, -0.05) is 11.6 Å². The Hall–Kier alpha value is -1.44. The number of halogens is 1. The van der Waals surface area contributed by atoms with Gasteiger partial charge in [-0.3, -0.25) is 4.79 Å². The number of esters is 1. The normalized spacial score (nSPS) is 31.0. The van der Waals surface area contributed by atoms with Crippen molar-refractivity contribution in [3.8, 4) is 0 Å². The summed E-state index contributed by atoms with van der Waals surface area (Å²) < 4.78 is 31.5. The van der Waals surface area contributed by atoms with E-state index < -0.39 is 16.0 Å². The molecule has 0 aromatic heterocycles. The van der Waals surface area contributed by atoms with Crippen LogP contribution in [0.4, 0.5) is 0 Å². The molecule has 0 aliphatic heterocycles. The van der Waals surface area contributed by atoms with Crippen molar-refractivity contribution in [2.24, 2.45) is 23.2 Å². The molecule has 8 heteroatoms. The summed E-state index contributed by atoms with van der Waals surface area (Å²) in [6.45, 7) is -0.262. The highest BCUT2D eigenvalue weighted by atomic mass is 35.5. The highest BCUT2D eigenvalue weighted by molar-refractivity contribution is 7.89. The molecule has 0 atom stereocenters. The number of nitrogens with one attached hydrogen (secondary N) is 1. The van der Waals surface area contributed by atoms with E-state index in [0.717, 1.165) is 19.3 Å². The van der Waals surface area contributed by atoms with E-state index >= 15 is 0 Å². The van der Waals surface area contributed by atoms with Crippen LogP contribution in [0, 0.1) is 23.2 Å². The van der Waals surface area contributed by atoms with E-state index in [1.165, 1.54) is 44.5 Å². The summed E-state index contributed by atoms with van der Waals surface area (Å²) >= 11 is 5.94. The van der Waals surface area contributed by atoms with Crippen molar-refractivity contribution in [2.45, 2.75) is 43.4 Å². The van der Waals surface area contributed by atoms with Crippen molar-refractivity contribution in [1.29, 1.82) is 0 Å². The molecule has 1 N–H and O–H groups in total. The zero-order chi connectivity index (χ0) is 20.1. The van der Waals surface area contributed by atoms with Gasteiger partial charge in [-0.15, -0.1) is 0 Å². The molecular formula is C20H24ClNO5S. The van der Waals surface area contributed by atoms with E-state index in [-0.39, 0.29) is 33.3 Å². The highest BCUT2D eigenvalue weighted by Crippen LogP contribution is 2.60. The smallest absolute Gasteiger partial charge is 0.338 e. The molecule has 0 radical (unpaired) electrons. The predicted octanol–water partition coefficient (Wildman–Crippen LogP) is 3.19. The van der Waals surface area contributed by atoms with Gasteiger partial charge in [0.1, 0.15) is 4.90 Å². The number of Topliss-reactive ketones (excluding diaryl/α,β-unsaturated/α-hetero) is 1. The lowest BCUT2D eigenvalue weighted by Gasteiger charge is -2.55. The molecule has 0 heterocycles. The molecule has 1 aromatic carbocycles. The molecule has 28 heavy (non-hydrogen) atoms. The van der Waals surface area contributed by atoms with E-state index in [2.05, 4.69) is 4.72 Å². The Bertz CT molecular complexity index is 891. The van der Waals surface area contributed by atoms with Gasteiger partial charge in [0.25, 0.3) is 0 Å². The minimum atomic E-state index is -3.80. The zero-order valence-electron chi connectivity index (χ0n) is 15.7. The molecule has 4 bridgehead atoms. The van der Waals surface area contributed by atoms with Gasteiger partial charge in [0, 0.05) is 5.41 Å². The van der Waals surface area contributed by atoms with Crippen LogP contribution in [0.5, 0.6) is 0 Å². The fraction of sp³-hybridized carbons (Fsp3) is 0.600. The Kier molecular flexibility index (Phi) is 5.04. The lowest BCUT2D eigenvalue weighted by atomic mass is 9.48. The molecule has 0 unspecified atom stereocenters. The average molecular weight is 426 g/mol. The third-order valence-corrected chi connectivity index (χ3v) is 8.59. The number of sulfonamides is 1. The molecule has 0 saturated heterocycles. The predicted molar refractivity (Wildman–Crippen MR) is 104 cm³/mol. The molecule has 5 rings (SSSR count). The first-order chi connectivity index (χ1) is 13.2. The van der Waals surface area contributed by atoms with E-state index in [1.807, 2.05) is 0 Å². The van der Waals surface area contributed by atoms with Gasteiger partial charge in [-0.2, -0.15) is 0 Å². The summed E-state index contributed by atoms with van der Waals surface area (Å²) in [5.74, 6) is 1.20. The van der Waals surface area contributed by atoms with Crippen LogP contribution in [0.3, 0.4) is 0 Å². The zero-order valence-corrected chi connectivity index (χ0v) is 17.3. The van der Waals surface area contributed by atoms with E-state index in [1.54, 1.807) is 0 Å². The van der Waals surface area contributed by atoms with Crippen molar-refractivity contribution < 1.29 is 22.7 Å². The van der Waals surface area contributed by atoms with Crippen molar-refractivity contribution in [2.75, 3.05) is 13.7 Å². The first-order valence-electron chi connectivity index (χ1n) is 9.66. The second-order valence-corrected chi connectivity index (χ2v) is 10.8. The van der Waals surface area contributed by atoms with Crippen molar-refractivity contribution in [1.82, 2.24) is 4.72 Å². The number of hydrogen-bond acceptors (Lipinski definition) is 5. The van der Waals surface area contributed by atoms with Crippen LogP contribution >= 0.6 is 11.6 Å². The second-order valence-electron chi connectivity index (χ2n) is 8.55. The van der Waals surface area contributed by atoms with Crippen LogP contribution in [0.25, 0.3) is 0 Å². The lowest BCUT2D eigenvalue weighted by Crippen LogP contribution is -2.51. The number of hydrogen-bond donors (Lipinski definition) is 1. The molecule has 4 aliphatic carbocycles. The number of rotatable bonds is 6. The standard InChI is InChI=1S/C20H24ClNO5S/c1-22-28(25,26)17-7-15(2-3-16(17)21)19(24)27-11-18(23)20-8-12-4-13(9-20)6-14(5-12)10-20/h2-3,7,12-14,22H,4-6,8-11H2,1H3. The number of ether oxygens (including phenoxy) is 1. The van der Waals surface area contributed by atoms with Gasteiger partial charge in [-0.25, -0.2) is 17.9 Å². The fourth-order valence-electron chi connectivity index (χ4n) is 5.77. The SMILES string of the molecule is CNS(=O)(=O)c1cc(C(=O)OCC(=O)C23CC4CC(CC(C4)C2)C3)ccc1Cl. The summed E-state index contributed by atoms with van der Waals surface area (Å²) in [7, 11) is -2.54. The number of ketones is 1. The summed E-state index contributed by atoms with van der Waals surface area (Å²) in [5.41, 5.74) is -0.271. The monoisotopic (exact) mass is 425 g/mol. The van der Waals surface area contributed by atoms with E-state index in [4.69, 9.17) is 16.3 Å². The van der Waals surface area contributed by atoms with Crippen LogP contribution in [0.15, 0.2) is 23.1 Å². The number of benzene rings is 1.